The SMILES string of the molecule is CCCSc1nc(N(C(=O)OC(C)(C)C)C2CC2c2ccc([18F])c(F)c2)c2nnn([C@@H]3C[C@H](OCCOC(=O)OC(C)(C)C)[C@H]4OC(C)(C)O[C@H]43)c2n1. The number of ether oxygens (including phenoxy) is 6. The second-order valence-electron chi connectivity index (χ2n) is 15.9. The van der Waals surface area contributed by atoms with Crippen LogP contribution in [-0.2, 0) is 28.4 Å². The number of hydrogen-bond donors (Lipinski definition) is 0. The van der Waals surface area contributed by atoms with Gasteiger partial charge in [0.25, 0.3) is 0 Å². The van der Waals surface area contributed by atoms with Gasteiger partial charge in [-0.25, -0.2) is 33.0 Å². The maximum Gasteiger partial charge on any atom is 0.508 e. The highest BCUT2D eigenvalue weighted by molar-refractivity contribution is 7.99. The van der Waals surface area contributed by atoms with E-state index in [0.717, 1.165) is 18.6 Å². The summed E-state index contributed by atoms with van der Waals surface area (Å²) in [5.41, 5.74) is -0.340. The van der Waals surface area contributed by atoms with Gasteiger partial charge in [-0.1, -0.05) is 30.0 Å². The topological polar surface area (TPSA) is 149 Å². The summed E-state index contributed by atoms with van der Waals surface area (Å²) in [7, 11) is 0. The number of aromatic nitrogens is 5. The number of amides is 1. The Morgan fingerprint density at radius 3 is 2.40 bits per heavy atom. The molecule has 1 amide bonds. The lowest BCUT2D eigenvalue weighted by molar-refractivity contribution is -0.171. The van der Waals surface area contributed by atoms with Gasteiger partial charge >= 0.3 is 12.2 Å². The predicted molar refractivity (Wildman–Crippen MR) is 190 cm³/mol. The third kappa shape index (κ3) is 9.01. The highest BCUT2D eigenvalue weighted by atomic mass is 32.2. The zero-order chi connectivity index (χ0) is 38.5. The first-order valence-electron chi connectivity index (χ1n) is 17.9. The highest BCUT2D eigenvalue weighted by Gasteiger charge is 2.56. The first-order valence-corrected chi connectivity index (χ1v) is 18.9. The number of carbonyl (C=O) groups is 2. The largest absolute Gasteiger partial charge is 0.508 e. The van der Waals surface area contributed by atoms with Crippen molar-refractivity contribution in [3.05, 3.63) is 35.4 Å². The Morgan fingerprint density at radius 1 is 1.00 bits per heavy atom. The van der Waals surface area contributed by atoms with Crippen molar-refractivity contribution in [2.24, 2.45) is 0 Å². The van der Waals surface area contributed by atoms with Gasteiger partial charge in [-0.15, -0.1) is 5.10 Å². The van der Waals surface area contributed by atoms with Gasteiger partial charge in [0, 0.05) is 24.1 Å². The minimum atomic E-state index is -0.961. The molecule has 2 aliphatic carbocycles. The Labute approximate surface area is 311 Å². The van der Waals surface area contributed by atoms with Crippen LogP contribution in [0.1, 0.15) is 99.1 Å². The summed E-state index contributed by atoms with van der Waals surface area (Å²) < 4.78 is 65.0. The number of hydrogen-bond acceptors (Lipinski definition) is 13. The lowest BCUT2D eigenvalue weighted by atomic mass is 10.1. The van der Waals surface area contributed by atoms with Crippen LogP contribution in [0.15, 0.2) is 23.4 Å². The maximum absolute atomic E-state index is 14.3. The van der Waals surface area contributed by atoms with Crippen molar-refractivity contribution in [1.29, 1.82) is 0 Å². The van der Waals surface area contributed by atoms with E-state index in [4.69, 9.17) is 38.4 Å². The number of thioether (sulfide) groups is 1. The van der Waals surface area contributed by atoms with Crippen LogP contribution in [0.3, 0.4) is 0 Å². The Bertz CT molecular complexity index is 1830. The van der Waals surface area contributed by atoms with Crippen molar-refractivity contribution in [2.45, 2.75) is 140 Å². The van der Waals surface area contributed by atoms with Crippen molar-refractivity contribution in [1.82, 2.24) is 25.0 Å². The van der Waals surface area contributed by atoms with Crippen molar-refractivity contribution in [3.63, 3.8) is 0 Å². The van der Waals surface area contributed by atoms with E-state index in [1.54, 1.807) is 46.2 Å². The van der Waals surface area contributed by atoms with Gasteiger partial charge in [0.2, 0.25) is 0 Å². The highest BCUT2D eigenvalue weighted by Crippen LogP contribution is 2.49. The Balaban J connectivity index is 1.33. The first-order chi connectivity index (χ1) is 24.8. The molecule has 3 aromatic rings. The molecule has 2 unspecified atom stereocenters. The number of halogens is 2. The molecule has 2 saturated carbocycles. The molecule has 0 bridgehead atoms. The third-order valence-corrected chi connectivity index (χ3v) is 9.77. The average Bonchev–Trinajstić information content (AvgIpc) is 3.43. The van der Waals surface area contributed by atoms with Crippen molar-refractivity contribution < 1.29 is 46.8 Å². The molecule has 0 spiro atoms. The lowest BCUT2D eigenvalue weighted by Crippen LogP contribution is -2.39. The summed E-state index contributed by atoms with van der Waals surface area (Å²) in [6.45, 7) is 16.3. The zero-order valence-corrected chi connectivity index (χ0v) is 32.4. The van der Waals surface area contributed by atoms with E-state index >= 15 is 0 Å². The summed E-state index contributed by atoms with van der Waals surface area (Å²) in [4.78, 5) is 37.2. The minimum Gasteiger partial charge on any atom is -0.443 e. The van der Waals surface area contributed by atoms with E-state index in [-0.39, 0.29) is 30.5 Å². The second-order valence-corrected chi connectivity index (χ2v) is 17.0. The molecule has 1 aliphatic heterocycles. The fraction of sp³-hybridized carbons (Fsp3) is 0.667. The Morgan fingerprint density at radius 2 is 1.72 bits per heavy atom. The molecular weight excluding hydrogens is 713 g/mol. The number of anilines is 1. The van der Waals surface area contributed by atoms with Gasteiger partial charge < -0.3 is 28.4 Å². The number of carbonyl (C=O) groups excluding carboxylic acids is 2. The average molecular weight is 762 g/mol. The summed E-state index contributed by atoms with van der Waals surface area (Å²) in [5.74, 6) is -2.22. The fourth-order valence-corrected chi connectivity index (χ4v) is 7.31. The Kier molecular flexibility index (Phi) is 11.0. The summed E-state index contributed by atoms with van der Waals surface area (Å²) >= 11 is 1.42. The van der Waals surface area contributed by atoms with Gasteiger partial charge in [0.1, 0.15) is 30.0 Å². The number of rotatable bonds is 11. The van der Waals surface area contributed by atoms with Gasteiger partial charge in [-0.2, -0.15) is 0 Å². The summed E-state index contributed by atoms with van der Waals surface area (Å²) in [6, 6.07) is 2.84. The molecule has 290 valence electrons. The monoisotopic (exact) mass is 761 g/mol. The second kappa shape index (κ2) is 14.9. The molecule has 3 fully saturated rings. The molecule has 1 saturated heterocycles. The molecule has 3 aliphatic rings. The van der Waals surface area contributed by atoms with Crippen LogP contribution >= 0.6 is 11.8 Å². The van der Waals surface area contributed by atoms with Crippen LogP contribution in [0.2, 0.25) is 0 Å². The molecule has 1 aromatic carbocycles. The van der Waals surface area contributed by atoms with E-state index in [1.807, 2.05) is 20.8 Å². The van der Waals surface area contributed by atoms with Crippen molar-refractivity contribution in [3.8, 4) is 0 Å². The molecule has 2 aromatic heterocycles. The van der Waals surface area contributed by atoms with Gasteiger partial charge in [0.05, 0.1) is 18.8 Å². The van der Waals surface area contributed by atoms with Crippen LogP contribution < -0.4 is 4.90 Å². The molecule has 53 heavy (non-hydrogen) atoms. The molecule has 17 heteroatoms. The van der Waals surface area contributed by atoms with E-state index in [0.29, 0.717) is 35.0 Å². The van der Waals surface area contributed by atoms with Crippen molar-refractivity contribution in [2.75, 3.05) is 23.9 Å². The molecule has 6 rings (SSSR count). The summed E-state index contributed by atoms with van der Waals surface area (Å²) in [6.07, 6.45) is -1.16. The van der Waals surface area contributed by atoms with Crippen LogP contribution in [0.4, 0.5) is 24.2 Å². The van der Waals surface area contributed by atoms with Crippen LogP contribution in [-0.4, -0.2) is 97.5 Å². The van der Waals surface area contributed by atoms with Crippen molar-refractivity contribution >= 4 is 41.0 Å². The number of nitrogens with zero attached hydrogens (tertiary/aromatic N) is 6. The number of fused-ring (bicyclic) bond motifs is 2. The first kappa shape index (κ1) is 39.0. The maximum atomic E-state index is 14.3. The lowest BCUT2D eigenvalue weighted by Gasteiger charge is -2.27. The van der Waals surface area contributed by atoms with Gasteiger partial charge in [-0.05, 0) is 85.9 Å². The molecule has 0 radical (unpaired) electrons. The third-order valence-electron chi connectivity index (χ3n) is 8.72. The normalized spacial score (nSPS) is 25.0. The quantitative estimate of drug-likeness (QED) is 0.0847. The fourth-order valence-electron chi connectivity index (χ4n) is 6.62. The van der Waals surface area contributed by atoms with Gasteiger partial charge in [0.15, 0.2) is 39.6 Å². The molecule has 0 N–H and O–H groups in total. The molecular formula is C36H48F2N6O8S. The van der Waals surface area contributed by atoms with Crippen LogP contribution in [0.5, 0.6) is 0 Å². The smallest absolute Gasteiger partial charge is 0.443 e. The summed E-state index contributed by atoms with van der Waals surface area (Å²) in [5, 5.41) is 9.49. The standard InChI is InChI=1S/C36H48F2N6O8S/c1-10-15-53-31-39-29(43(32(45)51-34(2,3)4)23-17-20(23)19-11-12-21(37)22(38)16-19)26-30(40-31)44(42-41-26)24-18-25(28-27(24)49-36(8,9)50-28)47-13-14-48-33(46)52-35(5,6)7/h11-12,16,20,23-25,27-28H,10,13-15,17-18H2,1-9H3/t20?,23?,24-,25+,27+,28-/m1/s1/i37-1. The van der Waals surface area contributed by atoms with Gasteiger partial charge in [-0.3, -0.25) is 4.90 Å². The zero-order valence-electron chi connectivity index (χ0n) is 31.6. The van der Waals surface area contributed by atoms with E-state index in [2.05, 4.69) is 10.3 Å². The minimum absolute atomic E-state index is 0.0220. The predicted octanol–water partition coefficient (Wildman–Crippen LogP) is 7.10. The Hall–Kier alpha value is -3.67. The van der Waals surface area contributed by atoms with Crippen LogP contribution in [0, 0.1) is 11.6 Å². The van der Waals surface area contributed by atoms with E-state index < -0.39 is 71.3 Å². The molecule has 14 nitrogen and oxygen atoms in total. The molecule has 3 heterocycles. The molecule has 6 atom stereocenters. The van der Waals surface area contributed by atoms with E-state index in [1.165, 1.54) is 22.7 Å². The van der Waals surface area contributed by atoms with E-state index in [9.17, 15) is 18.4 Å². The number of benzene rings is 1. The van der Waals surface area contributed by atoms with Crippen LogP contribution in [0.25, 0.3) is 11.2 Å².